The van der Waals surface area contributed by atoms with E-state index in [1.807, 2.05) is 24.3 Å². The molecule has 0 unspecified atom stereocenters. The van der Waals surface area contributed by atoms with Crippen molar-refractivity contribution in [2.45, 2.75) is 37.3 Å². The van der Waals surface area contributed by atoms with E-state index < -0.39 is 0 Å². The summed E-state index contributed by atoms with van der Waals surface area (Å²) in [5.74, 6) is 0.225. The number of nitrogens with two attached hydrogens (primary N) is 1. The Hall–Kier alpha value is -2.70. The normalized spacial score (nSPS) is 10.8. The summed E-state index contributed by atoms with van der Waals surface area (Å²) in [7, 11) is 0. The molecule has 0 fully saturated rings. The molecule has 1 aromatic heterocycles. The molecule has 128 valence electrons. The highest BCUT2D eigenvalue weighted by molar-refractivity contribution is 8.00. The maximum absolute atomic E-state index is 9.69. The quantitative estimate of drug-likeness (QED) is 0.821. The third kappa shape index (κ3) is 4.04. The molecular formula is C19H20N4OS. The van der Waals surface area contributed by atoms with E-state index >= 15 is 0 Å². The van der Waals surface area contributed by atoms with Crippen LogP contribution in [0.3, 0.4) is 0 Å². The van der Waals surface area contributed by atoms with Gasteiger partial charge in [0, 0.05) is 15.2 Å². The molecule has 0 aliphatic rings. The molecule has 0 atom stereocenters. The zero-order valence-corrected chi connectivity index (χ0v) is 15.6. The molecule has 5 nitrogen and oxygen atoms in total. The minimum Gasteiger partial charge on any atom is -0.477 e. The highest BCUT2D eigenvalue weighted by Crippen LogP contribution is 2.42. The Morgan fingerprint density at radius 3 is 2.36 bits per heavy atom. The number of thioether (sulfide) groups is 1. The van der Waals surface area contributed by atoms with E-state index in [-0.39, 0.29) is 27.6 Å². The van der Waals surface area contributed by atoms with Crippen LogP contribution in [-0.2, 0) is 0 Å². The third-order valence-electron chi connectivity index (χ3n) is 3.27. The van der Waals surface area contributed by atoms with Crippen LogP contribution in [0.15, 0.2) is 29.2 Å². The number of nitrogen functional groups attached to an aromatic ring is 1. The molecule has 0 saturated heterocycles. The molecule has 0 aliphatic carbocycles. The predicted molar refractivity (Wildman–Crippen MR) is 100 cm³/mol. The number of benzene rings is 1. The summed E-state index contributed by atoms with van der Waals surface area (Å²) in [5, 5.41) is 19.3. The van der Waals surface area contributed by atoms with Crippen molar-refractivity contribution in [3.8, 4) is 29.1 Å². The Kier molecular flexibility index (Phi) is 5.56. The van der Waals surface area contributed by atoms with Crippen molar-refractivity contribution in [2.75, 3.05) is 12.3 Å². The van der Waals surface area contributed by atoms with Gasteiger partial charge in [0.05, 0.1) is 6.61 Å². The minimum absolute atomic E-state index is 0.0307. The maximum atomic E-state index is 9.69. The lowest BCUT2D eigenvalue weighted by Crippen LogP contribution is -2.09. The Labute approximate surface area is 152 Å². The minimum atomic E-state index is -0.0307. The molecule has 2 rings (SSSR count). The van der Waals surface area contributed by atoms with Gasteiger partial charge < -0.3 is 10.5 Å². The molecule has 2 N–H and O–H groups in total. The first kappa shape index (κ1) is 18.6. The van der Waals surface area contributed by atoms with Gasteiger partial charge >= 0.3 is 0 Å². The van der Waals surface area contributed by atoms with E-state index in [0.29, 0.717) is 12.2 Å². The fraction of sp³-hybridized carbons (Fsp3) is 0.316. The maximum Gasteiger partial charge on any atom is 0.234 e. The standard InChI is InChI=1S/C19H20N4OS/c1-5-24-18-14(11-21)16(13(10-20)17(22)23-18)12-8-6-7-9-15(12)25-19(2,3)4/h6-9H,5H2,1-4H3,(H2,22,23). The van der Waals surface area contributed by atoms with Gasteiger partial charge in [0.25, 0.3) is 0 Å². The lowest BCUT2D eigenvalue weighted by Gasteiger charge is -2.21. The van der Waals surface area contributed by atoms with Crippen LogP contribution >= 0.6 is 11.8 Å². The Bertz CT molecular complexity index is 873. The van der Waals surface area contributed by atoms with E-state index in [9.17, 15) is 10.5 Å². The molecule has 0 bridgehead atoms. The number of rotatable bonds is 4. The van der Waals surface area contributed by atoms with Gasteiger partial charge in [-0.05, 0) is 18.6 Å². The van der Waals surface area contributed by atoms with Crippen LogP contribution in [0.1, 0.15) is 38.8 Å². The monoisotopic (exact) mass is 352 g/mol. The Morgan fingerprint density at radius 2 is 1.80 bits per heavy atom. The van der Waals surface area contributed by atoms with Gasteiger partial charge in [-0.2, -0.15) is 15.5 Å². The Morgan fingerprint density at radius 1 is 1.16 bits per heavy atom. The van der Waals surface area contributed by atoms with Gasteiger partial charge in [-0.15, -0.1) is 11.8 Å². The average molecular weight is 352 g/mol. The van der Waals surface area contributed by atoms with Crippen molar-refractivity contribution < 1.29 is 4.74 Å². The van der Waals surface area contributed by atoms with Gasteiger partial charge in [0.1, 0.15) is 29.1 Å². The molecule has 1 aromatic carbocycles. The number of hydrogen-bond acceptors (Lipinski definition) is 6. The van der Waals surface area contributed by atoms with Crippen LogP contribution in [0.25, 0.3) is 11.1 Å². The first-order valence-corrected chi connectivity index (χ1v) is 8.69. The average Bonchev–Trinajstić information content (AvgIpc) is 2.54. The first-order valence-electron chi connectivity index (χ1n) is 7.87. The van der Waals surface area contributed by atoms with E-state index in [2.05, 4.69) is 37.9 Å². The summed E-state index contributed by atoms with van der Waals surface area (Å²) in [6.45, 7) is 8.48. The molecule has 0 amide bonds. The van der Waals surface area contributed by atoms with Gasteiger partial charge in [-0.1, -0.05) is 39.0 Å². The number of nitriles is 2. The molecule has 0 radical (unpaired) electrons. The molecule has 6 heteroatoms. The van der Waals surface area contributed by atoms with Crippen molar-refractivity contribution in [3.63, 3.8) is 0 Å². The van der Waals surface area contributed by atoms with Crippen molar-refractivity contribution in [1.29, 1.82) is 10.5 Å². The number of ether oxygens (including phenoxy) is 1. The second-order valence-electron chi connectivity index (χ2n) is 6.29. The number of pyridine rings is 1. The Balaban J connectivity index is 2.84. The molecule has 0 saturated carbocycles. The number of anilines is 1. The highest BCUT2D eigenvalue weighted by Gasteiger charge is 2.24. The number of nitrogens with zero attached hydrogens (tertiary/aromatic N) is 3. The topological polar surface area (TPSA) is 95.7 Å². The van der Waals surface area contributed by atoms with Gasteiger partial charge in [0.15, 0.2) is 0 Å². The molecule has 0 spiro atoms. The molecule has 0 aliphatic heterocycles. The number of hydrogen-bond donors (Lipinski definition) is 1. The van der Waals surface area contributed by atoms with Crippen LogP contribution < -0.4 is 10.5 Å². The van der Waals surface area contributed by atoms with E-state index in [1.54, 1.807) is 18.7 Å². The number of aromatic nitrogens is 1. The zero-order valence-electron chi connectivity index (χ0n) is 14.8. The smallest absolute Gasteiger partial charge is 0.234 e. The van der Waals surface area contributed by atoms with Crippen molar-refractivity contribution in [2.24, 2.45) is 0 Å². The van der Waals surface area contributed by atoms with E-state index in [4.69, 9.17) is 10.5 Å². The van der Waals surface area contributed by atoms with Gasteiger partial charge in [0.2, 0.25) is 5.88 Å². The van der Waals surface area contributed by atoms with E-state index in [0.717, 1.165) is 10.5 Å². The van der Waals surface area contributed by atoms with Crippen LogP contribution in [0, 0.1) is 22.7 Å². The van der Waals surface area contributed by atoms with Crippen LogP contribution in [0.2, 0.25) is 0 Å². The van der Waals surface area contributed by atoms with Crippen molar-refractivity contribution >= 4 is 17.6 Å². The van der Waals surface area contributed by atoms with Crippen molar-refractivity contribution in [1.82, 2.24) is 4.98 Å². The lowest BCUT2D eigenvalue weighted by molar-refractivity contribution is 0.326. The second kappa shape index (κ2) is 7.46. The predicted octanol–water partition coefficient (Wildman–Crippen LogP) is 4.36. The summed E-state index contributed by atoms with van der Waals surface area (Å²) < 4.78 is 5.45. The zero-order chi connectivity index (χ0) is 18.6. The summed E-state index contributed by atoms with van der Waals surface area (Å²) in [6.07, 6.45) is 0. The van der Waals surface area contributed by atoms with Crippen molar-refractivity contribution in [3.05, 3.63) is 35.4 Å². The summed E-state index contributed by atoms with van der Waals surface area (Å²) in [4.78, 5) is 5.07. The van der Waals surface area contributed by atoms with Gasteiger partial charge in [-0.3, -0.25) is 0 Å². The summed E-state index contributed by atoms with van der Waals surface area (Å²) in [6, 6.07) is 11.9. The second-order valence-corrected chi connectivity index (χ2v) is 8.16. The fourth-order valence-corrected chi connectivity index (χ4v) is 3.49. The first-order chi connectivity index (χ1) is 11.8. The largest absolute Gasteiger partial charge is 0.477 e. The lowest BCUT2D eigenvalue weighted by atomic mass is 9.96. The van der Waals surface area contributed by atoms with E-state index in [1.165, 1.54) is 0 Å². The molecule has 2 aromatic rings. The SMILES string of the molecule is CCOc1nc(N)c(C#N)c(-c2ccccc2SC(C)(C)C)c1C#N. The molecular weight excluding hydrogens is 332 g/mol. The molecule has 25 heavy (non-hydrogen) atoms. The summed E-state index contributed by atoms with van der Waals surface area (Å²) in [5.41, 5.74) is 7.66. The van der Waals surface area contributed by atoms with Crippen LogP contribution in [-0.4, -0.2) is 16.3 Å². The fourth-order valence-electron chi connectivity index (χ4n) is 2.40. The van der Waals surface area contributed by atoms with Gasteiger partial charge in [-0.25, -0.2) is 0 Å². The molecule has 1 heterocycles. The van der Waals surface area contributed by atoms with Crippen LogP contribution in [0.4, 0.5) is 5.82 Å². The third-order valence-corrected chi connectivity index (χ3v) is 4.46. The summed E-state index contributed by atoms with van der Waals surface area (Å²) >= 11 is 1.66. The van der Waals surface area contributed by atoms with Crippen LogP contribution in [0.5, 0.6) is 5.88 Å². The highest BCUT2D eigenvalue weighted by atomic mass is 32.2.